The number of carbonyl (C=O) groups excluding carboxylic acids is 2. The van der Waals surface area contributed by atoms with Crippen LogP contribution in [0.1, 0.15) is 51.9 Å². The summed E-state index contributed by atoms with van der Waals surface area (Å²) in [6, 6.07) is 7.24. The fourth-order valence-electron chi connectivity index (χ4n) is 3.06. The van der Waals surface area contributed by atoms with E-state index >= 15 is 0 Å². The zero-order chi connectivity index (χ0) is 18.7. The van der Waals surface area contributed by atoms with Crippen LogP contribution in [0.15, 0.2) is 24.3 Å². The van der Waals surface area contributed by atoms with Gasteiger partial charge in [-0.2, -0.15) is 0 Å². The lowest BCUT2D eigenvalue weighted by atomic mass is 9.99. The van der Waals surface area contributed by atoms with Gasteiger partial charge in [0.15, 0.2) is 6.10 Å². The van der Waals surface area contributed by atoms with Gasteiger partial charge in [-0.3, -0.25) is 4.79 Å². The Bertz CT molecular complexity index is 807. The van der Waals surface area contributed by atoms with Gasteiger partial charge in [-0.05, 0) is 68.4 Å². The van der Waals surface area contributed by atoms with Gasteiger partial charge in [-0.25, -0.2) is 4.79 Å². The number of rotatable bonds is 5. The number of aryl methyl sites for hydroxylation is 2. The molecule has 1 aromatic heterocycles. The molecular weight excluding hydrogens is 370 g/mol. The molecule has 0 saturated heterocycles. The van der Waals surface area contributed by atoms with Crippen LogP contribution in [-0.4, -0.2) is 18.0 Å². The number of thiophene rings is 1. The van der Waals surface area contributed by atoms with Gasteiger partial charge in [0, 0.05) is 15.6 Å². The summed E-state index contributed by atoms with van der Waals surface area (Å²) in [5, 5.41) is 3.39. The first kappa shape index (κ1) is 18.9. The van der Waals surface area contributed by atoms with Gasteiger partial charge in [0.2, 0.25) is 0 Å². The van der Waals surface area contributed by atoms with Crippen molar-refractivity contribution in [2.24, 2.45) is 0 Å². The second kappa shape index (κ2) is 8.23. The van der Waals surface area contributed by atoms with E-state index in [9.17, 15) is 9.59 Å². The molecule has 0 spiro atoms. The first-order chi connectivity index (χ1) is 12.5. The van der Waals surface area contributed by atoms with E-state index in [1.54, 1.807) is 18.2 Å². The highest BCUT2D eigenvalue weighted by Gasteiger charge is 2.25. The molecule has 3 rings (SSSR count). The van der Waals surface area contributed by atoms with Gasteiger partial charge in [0.25, 0.3) is 5.91 Å². The number of halogens is 1. The van der Waals surface area contributed by atoms with Crippen LogP contribution < -0.4 is 5.32 Å². The molecule has 1 atom stereocenters. The van der Waals surface area contributed by atoms with Crippen molar-refractivity contribution in [3.63, 3.8) is 0 Å². The molecule has 6 heteroatoms. The Morgan fingerprint density at radius 3 is 2.81 bits per heavy atom. The molecular formula is C20H22ClNO3S. The first-order valence-electron chi connectivity index (χ1n) is 8.88. The monoisotopic (exact) mass is 391 g/mol. The smallest absolute Gasteiger partial charge is 0.349 e. The lowest BCUT2D eigenvalue weighted by Crippen LogP contribution is -2.32. The molecule has 0 aliphatic heterocycles. The average Bonchev–Trinajstić information content (AvgIpc) is 3.07. The van der Waals surface area contributed by atoms with Gasteiger partial charge < -0.3 is 10.1 Å². The van der Waals surface area contributed by atoms with Crippen molar-refractivity contribution in [3.8, 4) is 0 Å². The highest BCUT2D eigenvalue weighted by molar-refractivity contribution is 7.14. The topological polar surface area (TPSA) is 55.4 Å². The third kappa shape index (κ3) is 4.10. The summed E-state index contributed by atoms with van der Waals surface area (Å²) in [5.41, 5.74) is 2.67. The van der Waals surface area contributed by atoms with Crippen molar-refractivity contribution in [2.45, 2.75) is 52.1 Å². The second-order valence-corrected chi connectivity index (χ2v) is 8.01. The van der Waals surface area contributed by atoms with Crippen molar-refractivity contribution < 1.29 is 14.3 Å². The Morgan fingerprint density at radius 2 is 2.08 bits per heavy atom. The van der Waals surface area contributed by atoms with E-state index in [4.69, 9.17) is 16.3 Å². The van der Waals surface area contributed by atoms with E-state index < -0.39 is 12.1 Å². The second-order valence-electron chi connectivity index (χ2n) is 6.47. The van der Waals surface area contributed by atoms with Crippen LogP contribution in [0.2, 0.25) is 5.02 Å². The molecule has 0 bridgehead atoms. The Labute approximate surface area is 162 Å². The van der Waals surface area contributed by atoms with Crippen molar-refractivity contribution in [2.75, 3.05) is 5.32 Å². The average molecular weight is 392 g/mol. The molecule has 0 saturated carbocycles. The van der Waals surface area contributed by atoms with Crippen molar-refractivity contribution in [3.05, 3.63) is 50.2 Å². The zero-order valence-corrected chi connectivity index (χ0v) is 16.5. The molecule has 1 aromatic carbocycles. The Morgan fingerprint density at radius 1 is 1.31 bits per heavy atom. The van der Waals surface area contributed by atoms with Crippen LogP contribution in [0.5, 0.6) is 0 Å². The molecule has 26 heavy (non-hydrogen) atoms. The van der Waals surface area contributed by atoms with Gasteiger partial charge in [-0.15, -0.1) is 11.3 Å². The van der Waals surface area contributed by atoms with E-state index in [-0.39, 0.29) is 5.91 Å². The molecule has 1 unspecified atom stereocenters. The van der Waals surface area contributed by atoms with E-state index in [1.165, 1.54) is 28.2 Å². The van der Waals surface area contributed by atoms with Crippen molar-refractivity contribution in [1.29, 1.82) is 0 Å². The number of ether oxygens (including phenoxy) is 1. The molecule has 1 aliphatic rings. The molecule has 138 valence electrons. The van der Waals surface area contributed by atoms with Crippen LogP contribution in [0.4, 0.5) is 5.69 Å². The number of esters is 1. The number of fused-ring (bicyclic) bond motifs is 1. The summed E-state index contributed by atoms with van der Waals surface area (Å²) in [5.74, 6) is -0.762. The predicted octanol–water partition coefficient (Wildman–Crippen LogP) is 5.16. The summed E-state index contributed by atoms with van der Waals surface area (Å²) in [7, 11) is 0. The zero-order valence-electron chi connectivity index (χ0n) is 14.9. The first-order valence-corrected chi connectivity index (χ1v) is 10.1. The summed E-state index contributed by atoms with van der Waals surface area (Å²) in [6.45, 7) is 3.66. The Hall–Kier alpha value is -1.85. The molecule has 0 fully saturated rings. The minimum Gasteiger partial charge on any atom is -0.448 e. The van der Waals surface area contributed by atoms with Gasteiger partial charge in [-0.1, -0.05) is 24.6 Å². The minimum absolute atomic E-state index is 0.340. The number of hydrogen-bond donors (Lipinski definition) is 1. The molecule has 0 radical (unpaired) electrons. The molecule has 1 N–H and O–H groups in total. The third-order valence-electron chi connectivity index (χ3n) is 4.64. The molecule has 1 heterocycles. The number of carbonyl (C=O) groups is 2. The van der Waals surface area contributed by atoms with Gasteiger partial charge >= 0.3 is 5.97 Å². The summed E-state index contributed by atoms with van der Waals surface area (Å²) < 4.78 is 5.49. The maximum atomic E-state index is 12.5. The van der Waals surface area contributed by atoms with Crippen LogP contribution in [0.3, 0.4) is 0 Å². The summed E-state index contributed by atoms with van der Waals surface area (Å²) in [4.78, 5) is 26.9. The minimum atomic E-state index is -0.833. The van der Waals surface area contributed by atoms with Gasteiger partial charge in [0.1, 0.15) is 4.88 Å². The SMILES string of the molecule is CCC(OC(=O)c1cc2c(s1)CCCC2)C(=O)Nc1cccc(Cl)c1C. The lowest BCUT2D eigenvalue weighted by Gasteiger charge is -2.17. The number of anilines is 1. The normalized spacial score (nSPS) is 14.4. The van der Waals surface area contributed by atoms with Crippen molar-refractivity contribution in [1.82, 2.24) is 0 Å². The number of nitrogens with one attached hydrogen (secondary N) is 1. The summed E-state index contributed by atoms with van der Waals surface area (Å²) >= 11 is 7.58. The highest BCUT2D eigenvalue weighted by Crippen LogP contribution is 2.30. The van der Waals surface area contributed by atoms with Crippen molar-refractivity contribution >= 4 is 40.5 Å². The lowest BCUT2D eigenvalue weighted by molar-refractivity contribution is -0.124. The third-order valence-corrected chi connectivity index (χ3v) is 6.26. The van der Waals surface area contributed by atoms with Crippen LogP contribution in [0.25, 0.3) is 0 Å². The fraction of sp³-hybridized carbons (Fsp3) is 0.400. The Kier molecular flexibility index (Phi) is 5.99. The van der Waals surface area contributed by atoms with Gasteiger partial charge in [0.05, 0.1) is 0 Å². The van der Waals surface area contributed by atoms with E-state index in [0.717, 1.165) is 24.8 Å². The highest BCUT2D eigenvalue weighted by atomic mass is 35.5. The number of hydrogen-bond acceptors (Lipinski definition) is 4. The van der Waals surface area contributed by atoms with Crippen LogP contribution in [0, 0.1) is 6.92 Å². The molecule has 1 aliphatic carbocycles. The van der Waals surface area contributed by atoms with E-state index in [2.05, 4.69) is 5.32 Å². The molecule has 1 amide bonds. The Balaban J connectivity index is 1.68. The standard InChI is InChI=1S/C20H22ClNO3S/c1-3-16(19(23)22-15-9-6-8-14(21)12(15)2)25-20(24)18-11-13-7-4-5-10-17(13)26-18/h6,8-9,11,16H,3-5,7,10H2,1-2H3,(H,22,23). The largest absolute Gasteiger partial charge is 0.448 e. The number of benzene rings is 1. The maximum absolute atomic E-state index is 12.5. The van der Waals surface area contributed by atoms with E-state index in [0.29, 0.717) is 22.0 Å². The van der Waals surface area contributed by atoms with Crippen LogP contribution in [-0.2, 0) is 22.4 Å². The number of amides is 1. The molecule has 4 nitrogen and oxygen atoms in total. The van der Waals surface area contributed by atoms with Crippen LogP contribution >= 0.6 is 22.9 Å². The quantitative estimate of drug-likeness (QED) is 0.716. The summed E-state index contributed by atoms with van der Waals surface area (Å²) in [6.07, 6.45) is 3.95. The molecule has 2 aromatic rings. The van der Waals surface area contributed by atoms with E-state index in [1.807, 2.05) is 19.9 Å². The fourth-order valence-corrected chi connectivity index (χ4v) is 4.37. The predicted molar refractivity (Wildman–Crippen MR) is 105 cm³/mol. The maximum Gasteiger partial charge on any atom is 0.349 e.